The first-order valence-corrected chi connectivity index (χ1v) is 9.08. The van der Waals surface area contributed by atoms with Crippen LogP contribution in [0.25, 0.3) is 0 Å². The minimum absolute atomic E-state index is 0.702. The molecule has 0 aliphatic heterocycles. The maximum Gasteiger partial charge on any atom is 0.0721 e. The summed E-state index contributed by atoms with van der Waals surface area (Å²) in [6.45, 7) is 1.40. The summed E-state index contributed by atoms with van der Waals surface area (Å²) in [6, 6.07) is 17.9. The highest BCUT2D eigenvalue weighted by Crippen LogP contribution is 2.33. The van der Waals surface area contributed by atoms with Crippen molar-refractivity contribution in [3.05, 3.63) is 70.8 Å². The fraction of sp³-hybridized carbons (Fsp3) is 0.455. The molecule has 120 valence electrons. The van der Waals surface area contributed by atoms with Gasteiger partial charge in [-0.05, 0) is 72.6 Å². The maximum atomic E-state index is 5.87. The van der Waals surface area contributed by atoms with Gasteiger partial charge < -0.3 is 4.74 Å². The Balaban J connectivity index is 1.22. The summed E-state index contributed by atoms with van der Waals surface area (Å²) in [5, 5.41) is 0. The van der Waals surface area contributed by atoms with Crippen LogP contribution in [0.5, 0.6) is 0 Å². The molecule has 0 N–H and O–H groups in total. The van der Waals surface area contributed by atoms with Crippen LogP contribution in [0.15, 0.2) is 48.5 Å². The summed E-state index contributed by atoms with van der Waals surface area (Å²) >= 11 is 0. The third-order valence-corrected chi connectivity index (χ3v) is 5.03. The summed E-state index contributed by atoms with van der Waals surface area (Å²) < 4.78 is 5.87. The van der Waals surface area contributed by atoms with Crippen molar-refractivity contribution < 1.29 is 4.74 Å². The van der Waals surface area contributed by atoms with E-state index in [-0.39, 0.29) is 0 Å². The second kappa shape index (κ2) is 6.88. The molecule has 0 heterocycles. The molecule has 2 fully saturated rings. The molecule has 0 unspecified atom stereocenters. The van der Waals surface area contributed by atoms with Crippen LogP contribution >= 0.6 is 0 Å². The van der Waals surface area contributed by atoms with E-state index in [2.05, 4.69) is 48.5 Å². The first-order chi connectivity index (χ1) is 11.3. The van der Waals surface area contributed by atoms with Crippen molar-refractivity contribution in [3.63, 3.8) is 0 Å². The van der Waals surface area contributed by atoms with Crippen LogP contribution < -0.4 is 0 Å². The monoisotopic (exact) mass is 306 g/mol. The van der Waals surface area contributed by atoms with Crippen molar-refractivity contribution in [1.29, 1.82) is 0 Å². The lowest BCUT2D eigenvalue weighted by molar-refractivity contribution is 0.107. The zero-order valence-electron chi connectivity index (χ0n) is 13.8. The van der Waals surface area contributed by atoms with Gasteiger partial charge in [0, 0.05) is 0 Å². The Hall–Kier alpha value is -1.60. The smallest absolute Gasteiger partial charge is 0.0721 e. The van der Waals surface area contributed by atoms with Crippen LogP contribution in [0.4, 0.5) is 0 Å². The molecule has 2 aromatic carbocycles. The molecule has 0 radical (unpaired) electrons. The van der Waals surface area contributed by atoms with Crippen LogP contribution in [0, 0.1) is 11.8 Å². The minimum Gasteiger partial charge on any atom is -0.372 e. The molecule has 2 aromatic rings. The number of rotatable bonds is 8. The lowest BCUT2D eigenvalue weighted by atomic mass is 10.1. The molecule has 1 nitrogen and oxygen atoms in total. The first-order valence-electron chi connectivity index (χ1n) is 9.08. The number of ether oxygens (including phenoxy) is 1. The highest BCUT2D eigenvalue weighted by Gasteiger charge is 2.21. The fourth-order valence-corrected chi connectivity index (χ4v) is 3.14. The number of hydrogen-bond donors (Lipinski definition) is 0. The van der Waals surface area contributed by atoms with Crippen molar-refractivity contribution >= 4 is 0 Å². The minimum atomic E-state index is 0.702. The van der Waals surface area contributed by atoms with E-state index >= 15 is 0 Å². The van der Waals surface area contributed by atoms with E-state index < -0.39 is 0 Å². The van der Waals surface area contributed by atoms with E-state index in [0.29, 0.717) is 13.2 Å². The Morgan fingerprint density at radius 3 is 1.26 bits per heavy atom. The molecular weight excluding hydrogens is 280 g/mol. The van der Waals surface area contributed by atoms with Gasteiger partial charge in [0.15, 0.2) is 0 Å². The third kappa shape index (κ3) is 4.68. The summed E-state index contributed by atoms with van der Waals surface area (Å²) in [6.07, 6.45) is 8.20. The number of hydrogen-bond acceptors (Lipinski definition) is 1. The fourth-order valence-electron chi connectivity index (χ4n) is 3.14. The highest BCUT2D eigenvalue weighted by molar-refractivity contribution is 5.24. The van der Waals surface area contributed by atoms with Gasteiger partial charge in [-0.1, -0.05) is 48.5 Å². The third-order valence-electron chi connectivity index (χ3n) is 5.03. The molecule has 0 spiro atoms. The summed E-state index contributed by atoms with van der Waals surface area (Å²) in [4.78, 5) is 0. The van der Waals surface area contributed by atoms with E-state index in [1.165, 1.54) is 60.8 Å². The van der Waals surface area contributed by atoms with Gasteiger partial charge >= 0.3 is 0 Å². The molecule has 1 heteroatoms. The van der Waals surface area contributed by atoms with Gasteiger partial charge in [0.05, 0.1) is 13.2 Å². The molecule has 0 bridgehead atoms. The predicted octanol–water partition coefficient (Wildman–Crippen LogP) is 5.31. The SMILES string of the molecule is c1cc(CC2CC2)ccc1COCc1ccc(CC2CC2)cc1. The van der Waals surface area contributed by atoms with Gasteiger partial charge in [0.1, 0.15) is 0 Å². The molecule has 2 aliphatic rings. The lowest BCUT2D eigenvalue weighted by Gasteiger charge is -2.07. The molecule has 23 heavy (non-hydrogen) atoms. The van der Waals surface area contributed by atoms with E-state index in [1.54, 1.807) is 0 Å². The van der Waals surface area contributed by atoms with E-state index in [1.807, 2.05) is 0 Å². The zero-order chi connectivity index (χ0) is 15.5. The summed E-state index contributed by atoms with van der Waals surface area (Å²) in [5.41, 5.74) is 5.50. The molecule has 4 rings (SSSR count). The summed E-state index contributed by atoms with van der Waals surface area (Å²) in [5.74, 6) is 1.92. The van der Waals surface area contributed by atoms with Gasteiger partial charge in [-0.2, -0.15) is 0 Å². The maximum absolute atomic E-state index is 5.87. The molecular formula is C22H26O. The van der Waals surface area contributed by atoms with Crippen molar-refractivity contribution in [2.24, 2.45) is 11.8 Å². The normalized spacial score (nSPS) is 17.4. The standard InChI is InChI=1S/C22H26O/c1-2-17(1)13-19-5-9-21(10-6-19)15-23-16-22-11-7-20(8-12-22)14-18-3-4-18/h5-12,17-18H,1-4,13-16H2. The molecule has 2 saturated carbocycles. The summed E-state index contributed by atoms with van der Waals surface area (Å²) in [7, 11) is 0. The second-order valence-corrected chi connectivity index (χ2v) is 7.42. The van der Waals surface area contributed by atoms with Crippen LogP contribution in [0.2, 0.25) is 0 Å². The first kappa shape index (κ1) is 15.0. The quantitative estimate of drug-likeness (QED) is 0.642. The van der Waals surface area contributed by atoms with Crippen LogP contribution in [-0.4, -0.2) is 0 Å². The van der Waals surface area contributed by atoms with Crippen molar-refractivity contribution in [3.8, 4) is 0 Å². The van der Waals surface area contributed by atoms with Gasteiger partial charge in [0.25, 0.3) is 0 Å². The van der Waals surface area contributed by atoms with E-state index in [0.717, 1.165) is 11.8 Å². The lowest BCUT2D eigenvalue weighted by Crippen LogP contribution is -1.96. The topological polar surface area (TPSA) is 9.23 Å². The molecule has 0 saturated heterocycles. The molecule has 0 atom stereocenters. The van der Waals surface area contributed by atoms with Gasteiger partial charge in [-0.25, -0.2) is 0 Å². The Bertz CT molecular complexity index is 561. The Labute approximate surface area is 139 Å². The zero-order valence-corrected chi connectivity index (χ0v) is 13.8. The second-order valence-electron chi connectivity index (χ2n) is 7.42. The highest BCUT2D eigenvalue weighted by atomic mass is 16.5. The number of benzene rings is 2. The van der Waals surface area contributed by atoms with Crippen molar-refractivity contribution in [1.82, 2.24) is 0 Å². The van der Waals surface area contributed by atoms with Crippen LogP contribution in [0.3, 0.4) is 0 Å². The molecule has 2 aliphatic carbocycles. The van der Waals surface area contributed by atoms with Gasteiger partial charge in [-0.3, -0.25) is 0 Å². The largest absolute Gasteiger partial charge is 0.372 e. The Morgan fingerprint density at radius 2 is 0.913 bits per heavy atom. The predicted molar refractivity (Wildman–Crippen MR) is 94.2 cm³/mol. The van der Waals surface area contributed by atoms with E-state index in [4.69, 9.17) is 4.74 Å². The van der Waals surface area contributed by atoms with Gasteiger partial charge in [-0.15, -0.1) is 0 Å². The van der Waals surface area contributed by atoms with Crippen molar-refractivity contribution in [2.45, 2.75) is 51.7 Å². The Morgan fingerprint density at radius 1 is 0.565 bits per heavy atom. The van der Waals surface area contributed by atoms with E-state index in [9.17, 15) is 0 Å². The van der Waals surface area contributed by atoms with Crippen LogP contribution in [0.1, 0.15) is 47.9 Å². The average Bonchev–Trinajstić information content (AvgIpc) is 3.47. The van der Waals surface area contributed by atoms with Crippen LogP contribution in [-0.2, 0) is 30.8 Å². The Kier molecular flexibility index (Phi) is 4.48. The van der Waals surface area contributed by atoms with Crippen molar-refractivity contribution in [2.75, 3.05) is 0 Å². The molecule has 0 aromatic heterocycles. The van der Waals surface area contributed by atoms with Gasteiger partial charge in [0.2, 0.25) is 0 Å². The molecule has 0 amide bonds. The average molecular weight is 306 g/mol.